The zero-order valence-electron chi connectivity index (χ0n) is 41.3. The number of hydrogen-bond acceptors (Lipinski definition) is 11. The van der Waals surface area contributed by atoms with Gasteiger partial charge in [0.1, 0.15) is 23.3 Å². The standard InChI is InChI=1S/C52H69N11O4/c1-49(2,3)45(64)58-41-21-13-17-37(54-41)30-62(31-38-18-14-22-42(55-38)59-46(65)50(4,5)6)28-34-25-35(27-36(53)26-34)29-63(32-39-19-15-23-43(56-39)60-47(66)51(7,8)9)33-40-20-16-24-44(57-40)61-48(67)52(10,11)12/h13-27H,28-33,53H2,1-12H3,(H,54,58,64)(H,55,59,65)(H,56,60,66)(H,57,61,67). The summed E-state index contributed by atoms with van der Waals surface area (Å²) < 4.78 is 0. The Kier molecular flexibility index (Phi) is 16.4. The molecule has 0 unspecified atom stereocenters. The number of carbonyl (C=O) groups is 4. The maximum atomic E-state index is 12.9. The maximum Gasteiger partial charge on any atom is 0.230 e. The lowest BCUT2D eigenvalue weighted by molar-refractivity contribution is -0.123. The first kappa shape index (κ1) is 51.4. The number of nitrogens with two attached hydrogens (primary N) is 1. The molecule has 5 aromatic rings. The molecule has 15 nitrogen and oxygen atoms in total. The fraction of sp³-hybridized carbons (Fsp3) is 0.423. The van der Waals surface area contributed by atoms with Crippen LogP contribution in [0.15, 0.2) is 91.0 Å². The Labute approximate surface area is 396 Å². The predicted molar refractivity (Wildman–Crippen MR) is 266 cm³/mol. The number of pyridine rings is 4. The van der Waals surface area contributed by atoms with Gasteiger partial charge in [-0.1, -0.05) is 113 Å². The van der Waals surface area contributed by atoms with Gasteiger partial charge in [-0.15, -0.1) is 0 Å². The van der Waals surface area contributed by atoms with E-state index >= 15 is 0 Å². The van der Waals surface area contributed by atoms with Crippen LogP contribution in [0.1, 0.15) is 117 Å². The van der Waals surface area contributed by atoms with E-state index < -0.39 is 21.7 Å². The van der Waals surface area contributed by atoms with Crippen LogP contribution in [0.3, 0.4) is 0 Å². The number of aromatic nitrogens is 4. The molecule has 0 fully saturated rings. The lowest BCUT2D eigenvalue weighted by Crippen LogP contribution is -2.29. The molecule has 0 bridgehead atoms. The van der Waals surface area contributed by atoms with E-state index in [0.29, 0.717) is 68.2 Å². The van der Waals surface area contributed by atoms with Gasteiger partial charge in [0, 0.05) is 66.6 Å². The second kappa shape index (κ2) is 21.4. The van der Waals surface area contributed by atoms with Crippen LogP contribution in [0.4, 0.5) is 29.0 Å². The lowest BCUT2D eigenvalue weighted by Gasteiger charge is -2.25. The van der Waals surface area contributed by atoms with Crippen molar-refractivity contribution in [3.63, 3.8) is 0 Å². The van der Waals surface area contributed by atoms with Crippen LogP contribution < -0.4 is 27.0 Å². The molecule has 0 atom stereocenters. The summed E-state index contributed by atoms with van der Waals surface area (Å²) in [5.41, 5.74) is 9.70. The van der Waals surface area contributed by atoms with Crippen LogP contribution in [-0.4, -0.2) is 53.4 Å². The molecule has 5 rings (SSSR count). The number of carbonyl (C=O) groups excluding carboxylic acids is 4. The Morgan fingerprint density at radius 1 is 0.403 bits per heavy atom. The third-order valence-electron chi connectivity index (χ3n) is 10.3. The van der Waals surface area contributed by atoms with Gasteiger partial charge in [0.15, 0.2) is 0 Å². The highest BCUT2D eigenvalue weighted by Crippen LogP contribution is 2.24. The minimum Gasteiger partial charge on any atom is -0.399 e. The van der Waals surface area contributed by atoms with Crippen LogP contribution in [0.5, 0.6) is 0 Å². The summed E-state index contributed by atoms with van der Waals surface area (Å²) in [5, 5.41) is 11.8. The van der Waals surface area contributed by atoms with Crippen molar-refractivity contribution in [3.05, 3.63) is 125 Å². The van der Waals surface area contributed by atoms with E-state index in [1.807, 2.05) is 144 Å². The Morgan fingerprint density at radius 2 is 0.642 bits per heavy atom. The minimum atomic E-state index is -0.599. The van der Waals surface area contributed by atoms with E-state index in [9.17, 15) is 19.2 Å². The average molecular weight is 912 g/mol. The summed E-state index contributed by atoms with van der Waals surface area (Å²) >= 11 is 0. The van der Waals surface area contributed by atoms with Gasteiger partial charge >= 0.3 is 0 Å². The van der Waals surface area contributed by atoms with Crippen molar-refractivity contribution in [3.8, 4) is 0 Å². The van der Waals surface area contributed by atoms with Crippen molar-refractivity contribution < 1.29 is 19.2 Å². The summed E-state index contributed by atoms with van der Waals surface area (Å²) in [5.74, 6) is 1.29. The molecular formula is C52H69N11O4. The number of benzene rings is 1. The lowest BCUT2D eigenvalue weighted by atomic mass is 9.96. The Bertz CT molecular complexity index is 2230. The molecule has 4 aromatic heterocycles. The van der Waals surface area contributed by atoms with Crippen LogP contribution in [0.2, 0.25) is 0 Å². The van der Waals surface area contributed by atoms with Crippen LogP contribution in [-0.2, 0) is 58.4 Å². The van der Waals surface area contributed by atoms with Gasteiger partial charge in [-0.3, -0.25) is 29.0 Å². The molecule has 0 aliphatic heterocycles. The first-order valence-corrected chi connectivity index (χ1v) is 22.6. The molecule has 0 aliphatic carbocycles. The molecule has 0 aliphatic rings. The molecule has 4 amide bonds. The van der Waals surface area contributed by atoms with Crippen LogP contribution in [0, 0.1) is 21.7 Å². The molecular weight excluding hydrogens is 843 g/mol. The molecule has 0 radical (unpaired) electrons. The normalized spacial score (nSPS) is 12.2. The SMILES string of the molecule is CC(C)(C)C(=O)Nc1cccc(CN(Cc2cc(N)cc(CN(Cc3cccc(NC(=O)C(C)(C)C)n3)Cc3cccc(NC(=O)C(C)(C)C)n3)c2)Cc2cccc(NC(=O)C(C)(C)C)n2)n1. The summed E-state index contributed by atoms with van der Waals surface area (Å²) in [4.78, 5) is 75.2. The largest absolute Gasteiger partial charge is 0.399 e. The molecule has 15 heteroatoms. The highest BCUT2D eigenvalue weighted by Gasteiger charge is 2.25. The van der Waals surface area contributed by atoms with E-state index in [4.69, 9.17) is 25.7 Å². The monoisotopic (exact) mass is 912 g/mol. The Hall–Kier alpha value is -6.58. The summed E-state index contributed by atoms with van der Waals surface area (Å²) in [6.45, 7) is 24.7. The summed E-state index contributed by atoms with van der Waals surface area (Å²) in [6.07, 6.45) is 0. The molecule has 6 N–H and O–H groups in total. The van der Waals surface area contributed by atoms with Gasteiger partial charge in [-0.2, -0.15) is 0 Å². The number of nitrogens with zero attached hydrogens (tertiary/aromatic N) is 6. The number of hydrogen-bond donors (Lipinski definition) is 5. The third kappa shape index (κ3) is 16.4. The van der Waals surface area contributed by atoms with E-state index in [1.54, 1.807) is 24.3 Å². The van der Waals surface area contributed by atoms with Gasteiger partial charge in [0.05, 0.1) is 22.8 Å². The zero-order chi connectivity index (χ0) is 49.3. The third-order valence-corrected chi connectivity index (χ3v) is 10.3. The number of anilines is 5. The first-order chi connectivity index (χ1) is 31.2. The van der Waals surface area contributed by atoms with Crippen molar-refractivity contribution in [1.82, 2.24) is 29.7 Å². The van der Waals surface area contributed by atoms with E-state index in [1.165, 1.54) is 0 Å². The van der Waals surface area contributed by atoms with Gasteiger partial charge in [-0.05, 0) is 71.8 Å². The quantitative estimate of drug-likeness (QED) is 0.0591. The fourth-order valence-corrected chi connectivity index (χ4v) is 6.51. The molecule has 1 aromatic carbocycles. The number of nitrogen functional groups attached to an aromatic ring is 1. The number of nitrogens with one attached hydrogen (secondary N) is 4. The second-order valence-corrected chi connectivity index (χ2v) is 21.2. The Balaban J connectivity index is 1.47. The molecule has 356 valence electrons. The predicted octanol–water partition coefficient (Wildman–Crippen LogP) is 9.19. The maximum absolute atomic E-state index is 12.9. The van der Waals surface area contributed by atoms with Crippen LogP contribution >= 0.6 is 0 Å². The van der Waals surface area contributed by atoms with Crippen molar-refractivity contribution >= 4 is 52.6 Å². The number of amides is 4. The highest BCUT2D eigenvalue weighted by molar-refractivity contribution is 5.95. The molecule has 4 heterocycles. The molecule has 0 saturated heterocycles. The smallest absolute Gasteiger partial charge is 0.230 e. The van der Waals surface area contributed by atoms with Crippen LogP contribution in [0.25, 0.3) is 0 Å². The summed E-state index contributed by atoms with van der Waals surface area (Å²) in [7, 11) is 0. The topological polar surface area (TPSA) is 200 Å². The van der Waals surface area contributed by atoms with Gasteiger partial charge < -0.3 is 27.0 Å². The van der Waals surface area contributed by atoms with Gasteiger partial charge in [0.2, 0.25) is 23.6 Å². The fourth-order valence-electron chi connectivity index (χ4n) is 6.51. The van der Waals surface area contributed by atoms with Crippen molar-refractivity contribution in [2.45, 2.75) is 122 Å². The first-order valence-electron chi connectivity index (χ1n) is 22.6. The van der Waals surface area contributed by atoms with E-state index in [-0.39, 0.29) is 23.6 Å². The highest BCUT2D eigenvalue weighted by atomic mass is 16.2. The van der Waals surface area contributed by atoms with E-state index in [2.05, 4.69) is 37.1 Å². The molecule has 0 spiro atoms. The van der Waals surface area contributed by atoms with Crippen molar-refractivity contribution in [1.29, 1.82) is 0 Å². The molecule has 67 heavy (non-hydrogen) atoms. The van der Waals surface area contributed by atoms with Crippen molar-refractivity contribution in [2.75, 3.05) is 27.0 Å². The second-order valence-electron chi connectivity index (χ2n) is 21.2. The minimum absolute atomic E-state index is 0.139. The average Bonchev–Trinajstić information content (AvgIpc) is 3.20. The number of rotatable bonds is 16. The Morgan fingerprint density at radius 3 is 0.866 bits per heavy atom. The van der Waals surface area contributed by atoms with Crippen molar-refractivity contribution in [2.24, 2.45) is 21.7 Å². The van der Waals surface area contributed by atoms with E-state index in [0.717, 1.165) is 33.9 Å². The zero-order valence-corrected chi connectivity index (χ0v) is 41.3. The molecule has 0 saturated carbocycles. The van der Waals surface area contributed by atoms with Gasteiger partial charge in [-0.25, -0.2) is 19.9 Å². The summed E-state index contributed by atoms with van der Waals surface area (Å²) in [6, 6.07) is 28.3. The van der Waals surface area contributed by atoms with Gasteiger partial charge in [0.25, 0.3) is 0 Å².